The van der Waals surface area contributed by atoms with E-state index >= 15 is 0 Å². The second-order valence-electron chi connectivity index (χ2n) is 9.42. The van der Waals surface area contributed by atoms with E-state index in [1.807, 2.05) is 6.07 Å². The highest BCUT2D eigenvalue weighted by molar-refractivity contribution is 7.88. The zero-order valence-electron chi connectivity index (χ0n) is 21.1. The molecule has 0 saturated carbocycles. The molecule has 0 spiro atoms. The molecule has 3 aromatic rings. The van der Waals surface area contributed by atoms with Gasteiger partial charge in [0.15, 0.2) is 0 Å². The Labute approximate surface area is 222 Å². The van der Waals surface area contributed by atoms with Crippen LogP contribution in [0.1, 0.15) is 41.9 Å². The van der Waals surface area contributed by atoms with Crippen LogP contribution in [0.5, 0.6) is 0 Å². The first-order valence-electron chi connectivity index (χ1n) is 12.4. The van der Waals surface area contributed by atoms with Crippen molar-refractivity contribution in [1.29, 1.82) is 5.26 Å². The number of hydrogen-bond donors (Lipinski definition) is 2. The molecule has 0 bridgehead atoms. The molecule has 0 aliphatic carbocycles. The van der Waals surface area contributed by atoms with E-state index in [0.717, 1.165) is 18.2 Å². The van der Waals surface area contributed by atoms with Crippen LogP contribution in [0, 0.1) is 17.1 Å². The molecule has 1 aliphatic heterocycles. The number of nitrogens with two attached hydrogens (primary N) is 1. The maximum atomic E-state index is 13.7. The third-order valence-corrected chi connectivity index (χ3v) is 8.10. The molecule has 2 atom stereocenters. The topological polar surface area (TPSA) is 129 Å². The lowest BCUT2D eigenvalue weighted by Gasteiger charge is -2.38. The van der Waals surface area contributed by atoms with Gasteiger partial charge in [0.1, 0.15) is 11.6 Å². The van der Waals surface area contributed by atoms with Crippen LogP contribution < -0.4 is 11.1 Å². The zero-order chi connectivity index (χ0) is 27.3. The van der Waals surface area contributed by atoms with Crippen LogP contribution in [-0.2, 0) is 21.2 Å². The smallest absolute Gasteiger partial charge is 0.226 e. The van der Waals surface area contributed by atoms with Crippen LogP contribution >= 0.6 is 0 Å². The molecule has 3 N–H and O–H groups in total. The Kier molecular flexibility index (Phi) is 8.39. The molecule has 1 aromatic heterocycles. The summed E-state index contributed by atoms with van der Waals surface area (Å²) in [7, 11) is -3.58. The number of pyridine rings is 1. The maximum Gasteiger partial charge on any atom is 0.226 e. The Morgan fingerprint density at radius 1 is 1.21 bits per heavy atom. The zero-order valence-corrected chi connectivity index (χ0v) is 21.9. The SMILES string of the molecule is CS(=O)(=O)N1CCCCC1C(C(N)=O)c1ccc(-c2ccccc2C#N)nc1NCCc1cccc(F)c1. The number of primary amides is 1. The molecule has 0 radical (unpaired) electrons. The number of halogens is 1. The number of nitrogens with one attached hydrogen (secondary N) is 1. The van der Waals surface area contributed by atoms with Gasteiger partial charge in [-0.25, -0.2) is 17.8 Å². The molecular weight excluding hydrogens is 505 g/mol. The van der Waals surface area contributed by atoms with Crippen molar-refractivity contribution in [1.82, 2.24) is 9.29 Å². The van der Waals surface area contributed by atoms with Crippen molar-refractivity contribution in [3.8, 4) is 17.3 Å². The van der Waals surface area contributed by atoms with Crippen molar-refractivity contribution < 1.29 is 17.6 Å². The van der Waals surface area contributed by atoms with E-state index in [0.29, 0.717) is 60.6 Å². The lowest BCUT2D eigenvalue weighted by molar-refractivity contribution is -0.120. The first-order chi connectivity index (χ1) is 18.2. The number of nitrogens with zero attached hydrogens (tertiary/aromatic N) is 3. The minimum Gasteiger partial charge on any atom is -0.369 e. The van der Waals surface area contributed by atoms with E-state index in [9.17, 15) is 22.9 Å². The average Bonchev–Trinajstić information content (AvgIpc) is 2.89. The van der Waals surface area contributed by atoms with E-state index in [1.54, 1.807) is 42.5 Å². The number of nitriles is 1. The molecule has 1 fully saturated rings. The van der Waals surface area contributed by atoms with Crippen LogP contribution in [0.3, 0.4) is 0 Å². The van der Waals surface area contributed by atoms with Gasteiger partial charge >= 0.3 is 0 Å². The number of benzene rings is 2. The predicted molar refractivity (Wildman–Crippen MR) is 144 cm³/mol. The molecule has 4 rings (SSSR count). The monoisotopic (exact) mass is 535 g/mol. The lowest BCUT2D eigenvalue weighted by Crippen LogP contribution is -2.49. The first-order valence-corrected chi connectivity index (χ1v) is 14.3. The molecule has 1 amide bonds. The molecule has 10 heteroatoms. The summed E-state index contributed by atoms with van der Waals surface area (Å²) in [6.45, 7) is 0.690. The summed E-state index contributed by atoms with van der Waals surface area (Å²) < 4.78 is 40.2. The number of piperidine rings is 1. The van der Waals surface area contributed by atoms with E-state index in [2.05, 4.69) is 11.4 Å². The van der Waals surface area contributed by atoms with Crippen LogP contribution in [0.4, 0.5) is 10.2 Å². The molecule has 8 nitrogen and oxygen atoms in total. The highest BCUT2D eigenvalue weighted by atomic mass is 32.2. The summed E-state index contributed by atoms with van der Waals surface area (Å²) in [5, 5.41) is 12.8. The van der Waals surface area contributed by atoms with E-state index in [4.69, 9.17) is 10.7 Å². The quantitative estimate of drug-likeness (QED) is 0.429. The predicted octanol–water partition coefficient (Wildman–Crippen LogP) is 3.80. The highest BCUT2D eigenvalue weighted by Crippen LogP contribution is 2.36. The van der Waals surface area contributed by atoms with Gasteiger partial charge in [0, 0.05) is 30.3 Å². The minimum absolute atomic E-state index is 0.316. The van der Waals surface area contributed by atoms with E-state index in [-0.39, 0.29) is 5.82 Å². The van der Waals surface area contributed by atoms with Gasteiger partial charge in [-0.05, 0) is 49.1 Å². The van der Waals surface area contributed by atoms with Gasteiger partial charge in [-0.2, -0.15) is 9.57 Å². The lowest BCUT2D eigenvalue weighted by atomic mass is 9.85. The normalized spacial score (nSPS) is 16.9. The highest BCUT2D eigenvalue weighted by Gasteiger charge is 2.40. The van der Waals surface area contributed by atoms with Crippen LogP contribution in [0.15, 0.2) is 60.7 Å². The van der Waals surface area contributed by atoms with Crippen molar-refractivity contribution in [2.45, 2.75) is 37.6 Å². The Morgan fingerprint density at radius 2 is 2.00 bits per heavy atom. The molecular formula is C28H30FN5O3S. The number of sulfonamides is 1. The van der Waals surface area contributed by atoms with Crippen molar-refractivity contribution >= 4 is 21.7 Å². The fourth-order valence-electron chi connectivity index (χ4n) is 5.06. The number of carbonyl (C=O) groups is 1. The van der Waals surface area contributed by atoms with Crippen molar-refractivity contribution in [3.05, 3.63) is 83.2 Å². The van der Waals surface area contributed by atoms with Crippen LogP contribution in [-0.4, -0.2) is 49.0 Å². The molecule has 2 unspecified atom stereocenters. The third kappa shape index (κ3) is 6.18. The Bertz CT molecular complexity index is 1470. The maximum absolute atomic E-state index is 13.7. The van der Waals surface area contributed by atoms with Gasteiger partial charge in [0.2, 0.25) is 15.9 Å². The summed E-state index contributed by atoms with van der Waals surface area (Å²) in [6, 6.07) is 18.3. The van der Waals surface area contributed by atoms with Gasteiger partial charge in [-0.3, -0.25) is 4.79 Å². The van der Waals surface area contributed by atoms with Gasteiger partial charge in [-0.1, -0.05) is 42.8 Å². The third-order valence-electron chi connectivity index (χ3n) is 6.80. The minimum atomic E-state index is -3.58. The summed E-state index contributed by atoms with van der Waals surface area (Å²) in [6.07, 6.45) is 3.59. The Hall–Kier alpha value is -3.81. The van der Waals surface area contributed by atoms with Crippen molar-refractivity contribution in [2.24, 2.45) is 5.73 Å². The summed E-state index contributed by atoms with van der Waals surface area (Å²) in [5.41, 5.74) is 8.76. The Balaban J connectivity index is 1.76. The average molecular weight is 536 g/mol. The fourth-order valence-corrected chi connectivity index (χ4v) is 6.24. The standard InChI is InChI=1S/C28H30FN5O3S/c1-38(36,37)34-16-5-4-11-25(34)26(27(31)35)23-12-13-24(22-10-3-2-8-20(22)18-30)33-28(23)32-15-14-19-7-6-9-21(29)17-19/h2-3,6-10,12-13,17,25-26H,4-5,11,14-16H2,1H3,(H2,31,35)(H,32,33). The summed E-state index contributed by atoms with van der Waals surface area (Å²) in [4.78, 5) is 17.6. The summed E-state index contributed by atoms with van der Waals surface area (Å²) >= 11 is 0. The van der Waals surface area contributed by atoms with Gasteiger partial charge in [0.05, 0.1) is 29.5 Å². The van der Waals surface area contributed by atoms with Crippen molar-refractivity contribution in [2.75, 3.05) is 24.7 Å². The number of anilines is 1. The number of aromatic nitrogens is 1. The van der Waals surface area contributed by atoms with Gasteiger partial charge in [0.25, 0.3) is 0 Å². The molecule has 198 valence electrons. The van der Waals surface area contributed by atoms with Crippen LogP contribution in [0.2, 0.25) is 0 Å². The van der Waals surface area contributed by atoms with Gasteiger partial charge < -0.3 is 11.1 Å². The van der Waals surface area contributed by atoms with E-state index in [1.165, 1.54) is 16.4 Å². The summed E-state index contributed by atoms with van der Waals surface area (Å²) in [5.74, 6) is -1.54. The molecule has 2 heterocycles. The molecule has 38 heavy (non-hydrogen) atoms. The second-order valence-corrected chi connectivity index (χ2v) is 11.4. The first kappa shape index (κ1) is 27.2. The molecule has 1 saturated heterocycles. The number of amides is 1. The van der Waals surface area contributed by atoms with E-state index < -0.39 is 27.9 Å². The number of rotatable bonds is 9. The second kappa shape index (κ2) is 11.7. The largest absolute Gasteiger partial charge is 0.369 e. The Morgan fingerprint density at radius 3 is 2.71 bits per heavy atom. The van der Waals surface area contributed by atoms with Crippen LogP contribution in [0.25, 0.3) is 11.3 Å². The number of hydrogen-bond acceptors (Lipinski definition) is 6. The fraction of sp³-hybridized carbons (Fsp3) is 0.321. The molecule has 2 aromatic carbocycles. The van der Waals surface area contributed by atoms with Crippen molar-refractivity contribution in [3.63, 3.8) is 0 Å². The van der Waals surface area contributed by atoms with Gasteiger partial charge in [-0.15, -0.1) is 0 Å². The molecule has 1 aliphatic rings. The number of carbonyl (C=O) groups excluding carboxylic acids is 1.